The van der Waals surface area contributed by atoms with Crippen LogP contribution in [0.3, 0.4) is 0 Å². The number of benzene rings is 1. The Bertz CT molecular complexity index is 2140. The van der Waals surface area contributed by atoms with Gasteiger partial charge in [-0.25, -0.2) is 22.5 Å². The average Bonchev–Trinajstić information content (AvgIpc) is 3.59. The zero-order valence-electron chi connectivity index (χ0n) is 23.9. The predicted octanol–water partition coefficient (Wildman–Crippen LogP) is 3.31. The molecule has 0 aliphatic heterocycles. The van der Waals surface area contributed by atoms with Crippen LogP contribution >= 0.6 is 0 Å². The second-order valence-electron chi connectivity index (χ2n) is 10.5. The SMILES string of the molecule is CN(C)CC(=O)Nc1cncc(-c2cc3c(-c4nc5c(-c6cc(F)cc(CNS(C)(=O)=O)c6)cncc5[nH]4)n[nH]c3cn2)c1. The molecule has 0 saturated carbocycles. The number of hydrogen-bond acceptors (Lipinski definition) is 9. The van der Waals surface area contributed by atoms with Gasteiger partial charge in [-0.3, -0.25) is 24.8 Å². The summed E-state index contributed by atoms with van der Waals surface area (Å²) in [7, 11) is 0.171. The van der Waals surface area contributed by atoms with Gasteiger partial charge in [0.15, 0.2) is 5.82 Å². The summed E-state index contributed by atoms with van der Waals surface area (Å²) in [6.45, 7) is 0.178. The van der Waals surface area contributed by atoms with E-state index in [1.54, 1.807) is 48.0 Å². The number of nitrogens with zero attached hydrogens (tertiary/aromatic N) is 6. The second kappa shape index (κ2) is 11.5. The molecule has 1 amide bonds. The molecule has 0 fully saturated rings. The highest BCUT2D eigenvalue weighted by Gasteiger charge is 2.18. The van der Waals surface area contributed by atoms with Crippen molar-refractivity contribution in [1.82, 2.24) is 44.7 Å². The molecule has 6 rings (SSSR count). The summed E-state index contributed by atoms with van der Waals surface area (Å²) in [5.74, 6) is -0.223. The molecule has 224 valence electrons. The van der Waals surface area contributed by atoms with Gasteiger partial charge in [0, 0.05) is 35.5 Å². The van der Waals surface area contributed by atoms with Crippen LogP contribution in [0.1, 0.15) is 5.56 Å². The van der Waals surface area contributed by atoms with Crippen LogP contribution in [0.25, 0.3) is 55.8 Å². The van der Waals surface area contributed by atoms with Crippen LogP contribution in [-0.4, -0.2) is 81.2 Å². The Balaban J connectivity index is 1.36. The lowest BCUT2D eigenvalue weighted by atomic mass is 10.0. The zero-order valence-corrected chi connectivity index (χ0v) is 24.7. The van der Waals surface area contributed by atoms with Gasteiger partial charge in [-0.2, -0.15) is 5.10 Å². The number of likely N-dealkylation sites (N-methyl/N-ethyl adjacent to an activating group) is 1. The fourth-order valence-corrected chi connectivity index (χ4v) is 5.20. The van der Waals surface area contributed by atoms with Crippen molar-refractivity contribution in [2.45, 2.75) is 6.54 Å². The molecule has 0 spiro atoms. The minimum atomic E-state index is -3.46. The first-order valence-corrected chi connectivity index (χ1v) is 15.2. The molecule has 0 aliphatic carbocycles. The van der Waals surface area contributed by atoms with Gasteiger partial charge in [0.2, 0.25) is 15.9 Å². The third-order valence-electron chi connectivity index (χ3n) is 6.65. The summed E-state index contributed by atoms with van der Waals surface area (Å²) in [5, 5.41) is 11.0. The van der Waals surface area contributed by atoms with E-state index in [1.165, 1.54) is 12.1 Å². The van der Waals surface area contributed by atoms with Crippen molar-refractivity contribution >= 4 is 43.6 Å². The van der Waals surface area contributed by atoms with Crippen molar-refractivity contribution in [2.75, 3.05) is 32.2 Å². The molecule has 15 heteroatoms. The van der Waals surface area contributed by atoms with E-state index in [0.29, 0.717) is 61.7 Å². The number of amides is 1. The number of carbonyl (C=O) groups is 1. The monoisotopic (exact) mass is 614 g/mol. The maximum atomic E-state index is 14.6. The van der Waals surface area contributed by atoms with E-state index in [4.69, 9.17) is 4.98 Å². The number of aromatic amines is 2. The third-order valence-corrected chi connectivity index (χ3v) is 7.32. The number of imidazole rings is 1. The number of aromatic nitrogens is 7. The number of carbonyl (C=O) groups excluding carboxylic acids is 1. The van der Waals surface area contributed by atoms with Crippen molar-refractivity contribution < 1.29 is 17.6 Å². The molecule has 0 saturated heterocycles. The average molecular weight is 615 g/mol. The first-order chi connectivity index (χ1) is 21.0. The number of halogens is 1. The highest BCUT2D eigenvalue weighted by molar-refractivity contribution is 7.88. The molecule has 0 bridgehead atoms. The van der Waals surface area contributed by atoms with Gasteiger partial charge in [-0.05, 0) is 55.6 Å². The van der Waals surface area contributed by atoms with E-state index in [2.05, 4.69) is 40.2 Å². The summed E-state index contributed by atoms with van der Waals surface area (Å²) in [6, 6.07) is 7.97. The molecule has 13 nitrogen and oxygen atoms in total. The number of rotatable bonds is 9. The van der Waals surface area contributed by atoms with Crippen LogP contribution in [0.4, 0.5) is 10.1 Å². The summed E-state index contributed by atoms with van der Waals surface area (Å²) >= 11 is 0. The molecule has 44 heavy (non-hydrogen) atoms. The third kappa shape index (κ3) is 6.29. The number of pyridine rings is 3. The molecule has 5 aromatic heterocycles. The van der Waals surface area contributed by atoms with E-state index in [0.717, 1.165) is 11.6 Å². The van der Waals surface area contributed by atoms with E-state index >= 15 is 0 Å². The van der Waals surface area contributed by atoms with Gasteiger partial charge in [-0.1, -0.05) is 0 Å². The first kappa shape index (κ1) is 29.0. The lowest BCUT2D eigenvalue weighted by molar-refractivity contribution is -0.116. The fraction of sp³-hybridized carbons (Fsp3) is 0.172. The zero-order chi connectivity index (χ0) is 31.0. The van der Waals surface area contributed by atoms with Crippen molar-refractivity contribution in [2.24, 2.45) is 0 Å². The minimum absolute atomic E-state index is 0.0602. The van der Waals surface area contributed by atoms with Crippen LogP contribution in [-0.2, 0) is 21.4 Å². The molecular weight excluding hydrogens is 587 g/mol. The lowest BCUT2D eigenvalue weighted by Crippen LogP contribution is -2.27. The van der Waals surface area contributed by atoms with Crippen molar-refractivity contribution in [1.29, 1.82) is 0 Å². The Hall–Kier alpha value is -5.12. The molecule has 0 aliphatic rings. The second-order valence-corrected chi connectivity index (χ2v) is 12.4. The maximum Gasteiger partial charge on any atom is 0.238 e. The Morgan fingerprint density at radius 3 is 2.59 bits per heavy atom. The smallest absolute Gasteiger partial charge is 0.238 e. The van der Waals surface area contributed by atoms with E-state index < -0.39 is 15.8 Å². The normalized spacial score (nSPS) is 11.9. The Kier molecular flexibility index (Phi) is 7.59. The van der Waals surface area contributed by atoms with Gasteiger partial charge in [-0.15, -0.1) is 0 Å². The summed E-state index contributed by atoms with van der Waals surface area (Å²) in [6.07, 6.45) is 9.13. The van der Waals surface area contributed by atoms with Crippen LogP contribution in [0.2, 0.25) is 0 Å². The number of fused-ring (bicyclic) bond motifs is 2. The first-order valence-electron chi connectivity index (χ1n) is 13.3. The van der Waals surface area contributed by atoms with Gasteiger partial charge in [0.05, 0.1) is 59.3 Å². The molecule has 5 heterocycles. The standard InChI is InChI=1S/C29H27FN10O3S/c1-40(2)15-26(41)35-20-7-18(10-31-11-20)23-8-21-24(14-33-23)38-39-28(21)29-36-25-13-32-12-22(27(25)37-29)17-4-16(5-19(30)6-17)9-34-44(3,42)43/h4-8,10-14,34H,9,15H2,1-3H3,(H,35,41)(H,36,37)(H,38,39). The number of nitrogens with one attached hydrogen (secondary N) is 4. The van der Waals surface area contributed by atoms with Gasteiger partial charge < -0.3 is 15.2 Å². The highest BCUT2D eigenvalue weighted by atomic mass is 32.2. The summed E-state index contributed by atoms with van der Waals surface area (Å²) in [5.41, 5.74) is 5.73. The maximum absolute atomic E-state index is 14.6. The number of anilines is 1. The largest absolute Gasteiger partial charge is 0.335 e. The number of H-pyrrole nitrogens is 2. The van der Waals surface area contributed by atoms with E-state index in [9.17, 15) is 17.6 Å². The quantitative estimate of drug-likeness (QED) is 0.190. The number of sulfonamides is 1. The minimum Gasteiger partial charge on any atom is -0.335 e. The molecule has 0 atom stereocenters. The number of hydrogen-bond donors (Lipinski definition) is 4. The highest BCUT2D eigenvalue weighted by Crippen LogP contribution is 2.33. The van der Waals surface area contributed by atoms with Crippen molar-refractivity contribution in [3.8, 4) is 33.9 Å². The lowest BCUT2D eigenvalue weighted by Gasteiger charge is -2.10. The van der Waals surface area contributed by atoms with Crippen molar-refractivity contribution in [3.05, 3.63) is 72.7 Å². The van der Waals surface area contributed by atoms with Crippen LogP contribution in [0, 0.1) is 5.82 Å². The Labute approximate surface area is 251 Å². The molecule has 1 aromatic carbocycles. The van der Waals surface area contributed by atoms with E-state index in [-0.39, 0.29) is 19.0 Å². The van der Waals surface area contributed by atoms with Gasteiger partial charge in [0.1, 0.15) is 11.5 Å². The van der Waals surface area contributed by atoms with Crippen molar-refractivity contribution in [3.63, 3.8) is 0 Å². The van der Waals surface area contributed by atoms with Crippen LogP contribution in [0.15, 0.2) is 61.3 Å². The predicted molar refractivity (Wildman–Crippen MR) is 164 cm³/mol. The topological polar surface area (TPSA) is 175 Å². The summed E-state index contributed by atoms with van der Waals surface area (Å²) < 4.78 is 40.1. The molecule has 0 radical (unpaired) electrons. The molecule has 0 unspecified atom stereocenters. The Morgan fingerprint density at radius 2 is 1.80 bits per heavy atom. The summed E-state index contributed by atoms with van der Waals surface area (Å²) in [4.78, 5) is 35.2. The van der Waals surface area contributed by atoms with Gasteiger partial charge >= 0.3 is 0 Å². The Morgan fingerprint density at radius 1 is 0.977 bits per heavy atom. The van der Waals surface area contributed by atoms with Gasteiger partial charge in [0.25, 0.3) is 0 Å². The molecule has 6 aromatic rings. The molecule has 4 N–H and O–H groups in total. The van der Waals surface area contributed by atoms with Crippen LogP contribution in [0.5, 0.6) is 0 Å². The van der Waals surface area contributed by atoms with Crippen LogP contribution < -0.4 is 10.0 Å². The van der Waals surface area contributed by atoms with E-state index in [1.807, 2.05) is 20.2 Å². The molecular formula is C29H27FN10O3S. The fourth-order valence-electron chi connectivity index (χ4n) is 4.77.